The zero-order chi connectivity index (χ0) is 12.7. The lowest BCUT2D eigenvalue weighted by Crippen LogP contribution is -2.22. The molecule has 0 spiro atoms. The number of hydrogen-bond donors (Lipinski definition) is 2. The predicted molar refractivity (Wildman–Crippen MR) is 57.4 cm³/mol. The Labute approximate surface area is 97.2 Å². The quantitative estimate of drug-likeness (QED) is 0.857. The second-order valence-electron chi connectivity index (χ2n) is 4.57. The minimum atomic E-state index is -4.35. The van der Waals surface area contributed by atoms with E-state index in [2.05, 4.69) is 0 Å². The van der Waals surface area contributed by atoms with Crippen LogP contribution in [0.1, 0.15) is 23.5 Å². The number of halogens is 3. The number of hydrogen-bond acceptors (Lipinski definition) is 2. The van der Waals surface area contributed by atoms with Crippen LogP contribution in [0.25, 0.3) is 0 Å². The van der Waals surface area contributed by atoms with Crippen LogP contribution in [0.2, 0.25) is 0 Å². The van der Waals surface area contributed by atoms with Crippen molar-refractivity contribution in [2.24, 2.45) is 11.1 Å². The Hall–Kier alpha value is -1.07. The van der Waals surface area contributed by atoms with Crippen molar-refractivity contribution in [1.82, 2.24) is 0 Å². The van der Waals surface area contributed by atoms with E-state index in [4.69, 9.17) is 5.73 Å². The lowest BCUT2D eigenvalue weighted by molar-refractivity contribution is -0.138. The molecule has 1 aliphatic rings. The van der Waals surface area contributed by atoms with Gasteiger partial charge in [0, 0.05) is 12.0 Å². The molecule has 3 N–H and O–H groups in total. The maximum Gasteiger partial charge on any atom is 0.416 e. The first-order valence-corrected chi connectivity index (χ1v) is 5.42. The Morgan fingerprint density at radius 2 is 2.00 bits per heavy atom. The van der Waals surface area contributed by atoms with E-state index in [-0.39, 0.29) is 24.6 Å². The van der Waals surface area contributed by atoms with Crippen LogP contribution in [0.15, 0.2) is 24.3 Å². The van der Waals surface area contributed by atoms with Crippen molar-refractivity contribution >= 4 is 0 Å². The van der Waals surface area contributed by atoms with Gasteiger partial charge in [0.1, 0.15) is 0 Å². The second-order valence-corrected chi connectivity index (χ2v) is 4.57. The third-order valence-electron chi connectivity index (χ3n) is 3.55. The summed E-state index contributed by atoms with van der Waals surface area (Å²) < 4.78 is 38.4. The molecule has 1 fully saturated rings. The summed E-state index contributed by atoms with van der Waals surface area (Å²) in [6.45, 7) is 0.0424. The van der Waals surface area contributed by atoms with Gasteiger partial charge >= 0.3 is 6.18 Å². The molecule has 94 valence electrons. The topological polar surface area (TPSA) is 46.2 Å². The van der Waals surface area contributed by atoms with Crippen LogP contribution in [0.4, 0.5) is 13.2 Å². The molecule has 0 aliphatic heterocycles. The maximum atomic E-state index is 12.8. The van der Waals surface area contributed by atoms with Crippen LogP contribution in [-0.2, 0) is 6.18 Å². The lowest BCUT2D eigenvalue weighted by Gasteiger charge is -2.16. The highest BCUT2D eigenvalue weighted by atomic mass is 19.4. The van der Waals surface area contributed by atoms with Crippen molar-refractivity contribution in [3.8, 4) is 0 Å². The molecule has 2 rings (SSSR count). The lowest BCUT2D eigenvalue weighted by atomic mass is 9.96. The first-order chi connectivity index (χ1) is 7.94. The Balaban J connectivity index is 2.36. The Morgan fingerprint density at radius 3 is 2.47 bits per heavy atom. The largest absolute Gasteiger partial charge is 0.416 e. The molecule has 0 bridgehead atoms. The molecule has 0 saturated heterocycles. The summed E-state index contributed by atoms with van der Waals surface area (Å²) in [5, 5.41) is 9.22. The van der Waals surface area contributed by atoms with Gasteiger partial charge in [-0.2, -0.15) is 13.2 Å². The van der Waals surface area contributed by atoms with E-state index in [0.29, 0.717) is 6.42 Å². The summed E-state index contributed by atoms with van der Waals surface area (Å²) in [6, 6.07) is 5.51. The van der Waals surface area contributed by atoms with E-state index in [9.17, 15) is 18.3 Å². The average molecular weight is 245 g/mol. The highest BCUT2D eigenvalue weighted by Gasteiger charge is 2.55. The maximum absolute atomic E-state index is 12.8. The van der Waals surface area contributed by atoms with Gasteiger partial charge in [-0.25, -0.2) is 0 Å². The monoisotopic (exact) mass is 245 g/mol. The van der Waals surface area contributed by atoms with Crippen LogP contribution < -0.4 is 5.73 Å². The van der Waals surface area contributed by atoms with Crippen molar-refractivity contribution in [3.05, 3.63) is 35.4 Å². The van der Waals surface area contributed by atoms with E-state index in [1.165, 1.54) is 12.1 Å². The van der Waals surface area contributed by atoms with Crippen LogP contribution >= 0.6 is 0 Å². The van der Waals surface area contributed by atoms with Crippen molar-refractivity contribution in [2.75, 3.05) is 13.2 Å². The van der Waals surface area contributed by atoms with Crippen LogP contribution in [0.5, 0.6) is 0 Å². The summed E-state index contributed by atoms with van der Waals surface area (Å²) in [5.41, 5.74) is 4.60. The van der Waals surface area contributed by atoms with Gasteiger partial charge in [-0.3, -0.25) is 0 Å². The summed E-state index contributed by atoms with van der Waals surface area (Å²) in [4.78, 5) is 0. The van der Waals surface area contributed by atoms with E-state index in [0.717, 1.165) is 6.07 Å². The second kappa shape index (κ2) is 3.99. The van der Waals surface area contributed by atoms with Crippen LogP contribution in [0, 0.1) is 5.41 Å². The van der Waals surface area contributed by atoms with Crippen molar-refractivity contribution in [3.63, 3.8) is 0 Å². The zero-order valence-corrected chi connectivity index (χ0v) is 9.17. The van der Waals surface area contributed by atoms with Gasteiger partial charge in [0.25, 0.3) is 0 Å². The number of alkyl halides is 3. The first kappa shape index (κ1) is 12.4. The van der Waals surface area contributed by atoms with E-state index in [1.807, 2.05) is 0 Å². The molecule has 2 atom stereocenters. The molecule has 0 unspecified atom stereocenters. The fraction of sp³-hybridized carbons (Fsp3) is 0.500. The molecule has 0 aromatic heterocycles. The van der Waals surface area contributed by atoms with Gasteiger partial charge in [0.15, 0.2) is 0 Å². The fourth-order valence-electron chi connectivity index (χ4n) is 2.31. The van der Waals surface area contributed by atoms with Gasteiger partial charge in [0.05, 0.1) is 12.2 Å². The van der Waals surface area contributed by atoms with Gasteiger partial charge < -0.3 is 10.8 Å². The van der Waals surface area contributed by atoms with Crippen LogP contribution in [-0.4, -0.2) is 18.3 Å². The smallest absolute Gasteiger partial charge is 0.396 e. The molecule has 1 saturated carbocycles. The number of rotatable bonds is 3. The molecule has 0 heterocycles. The molecule has 1 aliphatic carbocycles. The van der Waals surface area contributed by atoms with E-state index in [1.54, 1.807) is 6.07 Å². The molecule has 0 radical (unpaired) electrons. The normalized spacial score (nSPS) is 28.2. The number of aliphatic hydroxyl groups is 1. The molecule has 0 amide bonds. The van der Waals surface area contributed by atoms with Crippen LogP contribution in [0.3, 0.4) is 0 Å². The Morgan fingerprint density at radius 1 is 1.35 bits per heavy atom. The number of nitrogens with two attached hydrogens (primary N) is 1. The SMILES string of the molecule is NC[C@]1(CO)C[C@@H]1c1ccccc1C(F)(F)F. The predicted octanol–water partition coefficient (Wildman–Crippen LogP) is 2.13. The third-order valence-corrected chi connectivity index (χ3v) is 3.55. The standard InChI is InChI=1S/C12H14F3NO/c13-12(14,15)9-4-2-1-3-8(9)10-5-11(10,6-16)7-17/h1-4,10,17H,5-7,16H2/t10-,11+/m1/s1. The number of aliphatic hydroxyl groups excluding tert-OH is 1. The molecule has 17 heavy (non-hydrogen) atoms. The molecule has 5 heteroatoms. The van der Waals surface area contributed by atoms with E-state index >= 15 is 0 Å². The Kier molecular flexibility index (Phi) is 2.91. The summed E-state index contributed by atoms with van der Waals surface area (Å²) >= 11 is 0. The van der Waals surface area contributed by atoms with Gasteiger partial charge in [0.2, 0.25) is 0 Å². The first-order valence-electron chi connectivity index (χ1n) is 5.42. The molecule has 2 nitrogen and oxygen atoms in total. The van der Waals surface area contributed by atoms with Crippen molar-refractivity contribution < 1.29 is 18.3 Å². The highest BCUT2D eigenvalue weighted by Crippen LogP contribution is 2.59. The van der Waals surface area contributed by atoms with Gasteiger partial charge in [-0.1, -0.05) is 18.2 Å². The molecular weight excluding hydrogens is 231 g/mol. The Bertz CT molecular complexity index is 412. The van der Waals surface area contributed by atoms with Gasteiger partial charge in [-0.15, -0.1) is 0 Å². The number of benzene rings is 1. The molecule has 1 aromatic carbocycles. The minimum absolute atomic E-state index is 0.166. The zero-order valence-electron chi connectivity index (χ0n) is 9.17. The minimum Gasteiger partial charge on any atom is -0.396 e. The van der Waals surface area contributed by atoms with E-state index < -0.39 is 17.2 Å². The molecule has 1 aromatic rings. The van der Waals surface area contributed by atoms with Crippen molar-refractivity contribution in [1.29, 1.82) is 0 Å². The third kappa shape index (κ3) is 2.05. The average Bonchev–Trinajstić information content (AvgIpc) is 3.03. The fourth-order valence-corrected chi connectivity index (χ4v) is 2.31. The summed E-state index contributed by atoms with van der Waals surface area (Å²) in [6.07, 6.45) is -3.83. The summed E-state index contributed by atoms with van der Waals surface area (Å²) in [5.74, 6) is -0.282. The summed E-state index contributed by atoms with van der Waals surface area (Å²) in [7, 11) is 0. The van der Waals surface area contributed by atoms with Gasteiger partial charge in [-0.05, 0) is 24.0 Å². The highest BCUT2D eigenvalue weighted by molar-refractivity contribution is 5.39. The molecular formula is C12H14F3NO. The van der Waals surface area contributed by atoms with Crippen molar-refractivity contribution in [2.45, 2.75) is 18.5 Å².